The van der Waals surface area contributed by atoms with Gasteiger partial charge in [-0.1, -0.05) is 0 Å². The van der Waals surface area contributed by atoms with Gasteiger partial charge in [0, 0.05) is 24.7 Å². The molecule has 0 aromatic heterocycles. The van der Waals surface area contributed by atoms with Crippen molar-refractivity contribution >= 4 is 39.2 Å². The normalized spacial score (nSPS) is 16.0. The van der Waals surface area contributed by atoms with Crippen molar-refractivity contribution in [1.29, 1.82) is 0 Å². The number of ether oxygens (including phenoxy) is 2. The number of sulfonamides is 1. The predicted molar refractivity (Wildman–Crippen MR) is 113 cm³/mol. The number of rotatable bonds is 8. The highest BCUT2D eigenvalue weighted by Crippen LogP contribution is 2.34. The van der Waals surface area contributed by atoms with Gasteiger partial charge in [0.15, 0.2) is 11.5 Å². The smallest absolute Gasteiger partial charge is 0.308 e. The van der Waals surface area contributed by atoms with E-state index in [1.54, 1.807) is 0 Å². The van der Waals surface area contributed by atoms with Crippen molar-refractivity contribution < 1.29 is 37.4 Å². The molecule has 1 saturated heterocycles. The van der Waals surface area contributed by atoms with Gasteiger partial charge in [-0.15, -0.1) is 0 Å². The Morgan fingerprint density at radius 1 is 1.12 bits per heavy atom. The maximum Gasteiger partial charge on any atom is 0.308 e. The fourth-order valence-corrected chi connectivity index (χ4v) is 4.37. The summed E-state index contributed by atoms with van der Waals surface area (Å²) < 4.78 is 38.3. The van der Waals surface area contributed by atoms with Crippen LogP contribution in [-0.4, -0.2) is 52.1 Å². The van der Waals surface area contributed by atoms with Crippen LogP contribution in [0.5, 0.6) is 11.5 Å². The zero-order valence-corrected chi connectivity index (χ0v) is 18.0. The molecule has 0 spiro atoms. The van der Waals surface area contributed by atoms with Crippen molar-refractivity contribution in [3.05, 3.63) is 42.0 Å². The van der Waals surface area contributed by atoms with E-state index in [1.807, 2.05) is 0 Å². The molecule has 2 aromatic carbocycles. The van der Waals surface area contributed by atoms with Gasteiger partial charge in [0.25, 0.3) is 15.9 Å². The SMILES string of the molecule is COc1cc(NS(=O)(=O)c2ccc(N3CC(C(=O)O)CC3=O)cc2)c(C(N)=O)cc1OC. The van der Waals surface area contributed by atoms with Gasteiger partial charge in [-0.3, -0.25) is 19.1 Å². The van der Waals surface area contributed by atoms with E-state index in [2.05, 4.69) is 4.72 Å². The number of anilines is 2. The van der Waals surface area contributed by atoms with Gasteiger partial charge in [-0.2, -0.15) is 0 Å². The number of amides is 2. The van der Waals surface area contributed by atoms with Gasteiger partial charge in [-0.05, 0) is 30.3 Å². The molecule has 32 heavy (non-hydrogen) atoms. The zero-order chi connectivity index (χ0) is 23.6. The van der Waals surface area contributed by atoms with Gasteiger partial charge in [0.05, 0.1) is 36.3 Å². The number of carboxylic acids is 1. The standard InChI is InChI=1S/C20H21N3O8S/c1-30-16-8-14(19(21)25)15(9-17(16)31-2)22-32(28,29)13-5-3-12(4-6-13)23-10-11(20(26)27)7-18(23)24/h3-6,8-9,11,22H,7,10H2,1-2H3,(H2,21,25)(H,26,27). The minimum absolute atomic E-state index is 0.00608. The highest BCUT2D eigenvalue weighted by molar-refractivity contribution is 7.92. The topological polar surface area (TPSA) is 165 Å². The Kier molecular flexibility index (Phi) is 6.25. The van der Waals surface area contributed by atoms with Crippen molar-refractivity contribution in [3.63, 3.8) is 0 Å². The van der Waals surface area contributed by atoms with Crippen LogP contribution in [0, 0.1) is 5.92 Å². The number of nitrogens with two attached hydrogens (primary N) is 1. The van der Waals surface area contributed by atoms with E-state index in [4.69, 9.17) is 20.3 Å². The van der Waals surface area contributed by atoms with E-state index < -0.39 is 27.8 Å². The molecule has 1 heterocycles. The lowest BCUT2D eigenvalue weighted by Crippen LogP contribution is -2.25. The summed E-state index contributed by atoms with van der Waals surface area (Å²) in [5.41, 5.74) is 5.53. The van der Waals surface area contributed by atoms with Crippen LogP contribution >= 0.6 is 0 Å². The molecule has 2 amide bonds. The molecule has 3 rings (SSSR count). The Labute approximate surface area is 183 Å². The average molecular weight is 463 g/mol. The lowest BCUT2D eigenvalue weighted by atomic mass is 10.1. The van der Waals surface area contributed by atoms with E-state index in [0.717, 1.165) is 0 Å². The van der Waals surface area contributed by atoms with Crippen molar-refractivity contribution in [2.45, 2.75) is 11.3 Å². The molecule has 11 nitrogen and oxygen atoms in total. The maximum atomic E-state index is 12.9. The fourth-order valence-electron chi connectivity index (χ4n) is 3.30. The van der Waals surface area contributed by atoms with Gasteiger partial charge >= 0.3 is 5.97 Å². The second-order valence-corrected chi connectivity index (χ2v) is 8.64. The predicted octanol–water partition coefficient (Wildman–Crippen LogP) is 1.04. The molecule has 1 unspecified atom stereocenters. The molecule has 1 aliphatic heterocycles. The highest BCUT2D eigenvalue weighted by Gasteiger charge is 2.35. The summed E-state index contributed by atoms with van der Waals surface area (Å²) in [5.74, 6) is -2.73. The molecule has 0 bridgehead atoms. The van der Waals surface area contributed by atoms with E-state index in [9.17, 15) is 22.8 Å². The first-order chi connectivity index (χ1) is 15.1. The van der Waals surface area contributed by atoms with Crippen LogP contribution in [-0.2, 0) is 19.6 Å². The molecule has 1 atom stereocenters. The largest absolute Gasteiger partial charge is 0.493 e. The second-order valence-electron chi connectivity index (χ2n) is 6.96. The number of hydrogen-bond donors (Lipinski definition) is 3. The number of carbonyl (C=O) groups excluding carboxylic acids is 2. The lowest BCUT2D eigenvalue weighted by molar-refractivity contribution is -0.141. The monoisotopic (exact) mass is 463 g/mol. The minimum Gasteiger partial charge on any atom is -0.493 e. The fraction of sp³-hybridized carbons (Fsp3) is 0.250. The number of carboxylic acid groups (broad SMARTS) is 1. The number of benzene rings is 2. The van der Waals surface area contributed by atoms with E-state index in [0.29, 0.717) is 5.69 Å². The molecule has 12 heteroatoms. The zero-order valence-electron chi connectivity index (χ0n) is 17.2. The first-order valence-electron chi connectivity index (χ1n) is 9.29. The van der Waals surface area contributed by atoms with E-state index in [1.165, 1.54) is 55.5 Å². The molecule has 0 saturated carbocycles. The number of aliphatic carboxylic acids is 1. The van der Waals surface area contributed by atoms with Crippen molar-refractivity contribution in [2.24, 2.45) is 11.7 Å². The molecular weight excluding hydrogens is 442 g/mol. The second kappa shape index (κ2) is 8.75. The third kappa shape index (κ3) is 4.44. The molecule has 1 aliphatic rings. The van der Waals surface area contributed by atoms with E-state index >= 15 is 0 Å². The Balaban J connectivity index is 1.89. The third-order valence-electron chi connectivity index (χ3n) is 4.97. The first-order valence-corrected chi connectivity index (χ1v) is 10.8. The molecule has 170 valence electrons. The number of carbonyl (C=O) groups is 3. The highest BCUT2D eigenvalue weighted by atomic mass is 32.2. The van der Waals surface area contributed by atoms with Crippen LogP contribution in [0.25, 0.3) is 0 Å². The van der Waals surface area contributed by atoms with Crippen LogP contribution in [0.15, 0.2) is 41.3 Å². The van der Waals surface area contributed by atoms with Gasteiger partial charge < -0.3 is 25.2 Å². The van der Waals surface area contributed by atoms with Crippen molar-refractivity contribution in [2.75, 3.05) is 30.4 Å². The lowest BCUT2D eigenvalue weighted by Gasteiger charge is -2.17. The summed E-state index contributed by atoms with van der Waals surface area (Å²) in [6.07, 6.45) is -0.119. The van der Waals surface area contributed by atoms with Crippen molar-refractivity contribution in [3.8, 4) is 11.5 Å². The summed E-state index contributed by atoms with van der Waals surface area (Å²) in [5, 5.41) is 9.10. The van der Waals surface area contributed by atoms with Gasteiger partial charge in [0.1, 0.15) is 0 Å². The molecule has 0 radical (unpaired) electrons. The number of primary amides is 1. The summed E-state index contributed by atoms with van der Waals surface area (Å²) in [6.45, 7) is 0.00608. The number of hydrogen-bond acceptors (Lipinski definition) is 7. The molecule has 0 aliphatic carbocycles. The Morgan fingerprint density at radius 3 is 2.22 bits per heavy atom. The Hall–Kier alpha value is -3.80. The summed E-state index contributed by atoms with van der Waals surface area (Å²) in [4.78, 5) is 36.2. The summed E-state index contributed by atoms with van der Waals surface area (Å²) >= 11 is 0. The summed E-state index contributed by atoms with van der Waals surface area (Å²) in [7, 11) is -1.43. The van der Waals surface area contributed by atoms with Crippen LogP contribution in [0.1, 0.15) is 16.8 Å². The number of nitrogens with one attached hydrogen (secondary N) is 1. The minimum atomic E-state index is -4.14. The van der Waals surface area contributed by atoms with Crippen molar-refractivity contribution in [1.82, 2.24) is 0 Å². The maximum absolute atomic E-state index is 12.9. The molecule has 2 aromatic rings. The molecular formula is C20H21N3O8S. The average Bonchev–Trinajstić information content (AvgIpc) is 3.15. The van der Waals surface area contributed by atoms with Crippen LogP contribution in [0.4, 0.5) is 11.4 Å². The van der Waals surface area contributed by atoms with Crippen LogP contribution in [0.2, 0.25) is 0 Å². The Morgan fingerprint density at radius 2 is 1.72 bits per heavy atom. The number of methoxy groups -OCH3 is 2. The van der Waals surface area contributed by atoms with Crippen LogP contribution < -0.4 is 24.8 Å². The third-order valence-corrected chi connectivity index (χ3v) is 6.35. The van der Waals surface area contributed by atoms with Crippen LogP contribution in [0.3, 0.4) is 0 Å². The number of nitrogens with zero attached hydrogens (tertiary/aromatic N) is 1. The first kappa shape index (κ1) is 22.9. The molecule has 1 fully saturated rings. The van der Waals surface area contributed by atoms with Gasteiger partial charge in [-0.25, -0.2) is 8.42 Å². The van der Waals surface area contributed by atoms with Gasteiger partial charge in [0.2, 0.25) is 5.91 Å². The van der Waals surface area contributed by atoms with E-state index in [-0.39, 0.29) is 46.5 Å². The summed E-state index contributed by atoms with van der Waals surface area (Å²) in [6, 6.07) is 7.88. The molecule has 4 N–H and O–H groups in total. The Bertz CT molecular complexity index is 1180. The quantitative estimate of drug-likeness (QED) is 0.522.